The topological polar surface area (TPSA) is 43.4 Å². The largest absolute Gasteiger partial charge is 0.454 e. The zero-order valence-corrected chi connectivity index (χ0v) is 9.02. The summed E-state index contributed by atoms with van der Waals surface area (Å²) in [7, 11) is 0. The summed E-state index contributed by atoms with van der Waals surface area (Å²) in [6.07, 6.45) is 10.4. The van der Waals surface area contributed by atoms with Gasteiger partial charge in [-0.05, 0) is 25.0 Å². The summed E-state index contributed by atoms with van der Waals surface area (Å²) < 4.78 is 5.50. The van der Waals surface area contributed by atoms with Crippen LogP contribution in [0.4, 0.5) is 0 Å². The van der Waals surface area contributed by atoms with Crippen molar-refractivity contribution in [3.05, 3.63) is 24.3 Å². The Hall–Kier alpha value is -1.38. The maximum absolute atomic E-state index is 11.8. The molecule has 3 atom stereocenters. The van der Waals surface area contributed by atoms with E-state index >= 15 is 0 Å². The van der Waals surface area contributed by atoms with E-state index in [9.17, 15) is 9.59 Å². The standard InChI is InChI=1S/C13H14O3/c14-11-5-7-13(8-6-12(15)16-13)10-4-2-1-3-9(10)11/h1-2,5,7,9-10H,3-4,6,8H2/t9-,10+,13-/m0/s1. The molecule has 1 aliphatic heterocycles. The van der Waals surface area contributed by atoms with Crippen LogP contribution in [0.1, 0.15) is 25.7 Å². The van der Waals surface area contributed by atoms with Crippen LogP contribution < -0.4 is 0 Å². The van der Waals surface area contributed by atoms with Crippen LogP contribution in [-0.2, 0) is 14.3 Å². The van der Waals surface area contributed by atoms with Gasteiger partial charge in [0.05, 0.1) is 0 Å². The smallest absolute Gasteiger partial charge is 0.306 e. The minimum absolute atomic E-state index is 0.0147. The van der Waals surface area contributed by atoms with Gasteiger partial charge >= 0.3 is 5.97 Å². The maximum atomic E-state index is 11.8. The Kier molecular flexibility index (Phi) is 2.03. The number of fused-ring (bicyclic) bond motifs is 2. The molecule has 1 saturated heterocycles. The predicted molar refractivity (Wildman–Crippen MR) is 57.6 cm³/mol. The zero-order valence-electron chi connectivity index (χ0n) is 9.02. The summed E-state index contributed by atoms with van der Waals surface area (Å²) in [6, 6.07) is 0. The van der Waals surface area contributed by atoms with Crippen molar-refractivity contribution in [2.24, 2.45) is 11.8 Å². The van der Waals surface area contributed by atoms with E-state index in [-0.39, 0.29) is 23.6 Å². The Labute approximate surface area is 94.2 Å². The first-order valence-electron chi connectivity index (χ1n) is 5.81. The van der Waals surface area contributed by atoms with Crippen LogP contribution in [-0.4, -0.2) is 17.4 Å². The van der Waals surface area contributed by atoms with E-state index in [1.807, 2.05) is 6.08 Å². The second-order valence-electron chi connectivity index (χ2n) is 4.82. The minimum Gasteiger partial charge on any atom is -0.454 e. The average Bonchev–Trinajstić information content (AvgIpc) is 2.68. The van der Waals surface area contributed by atoms with Gasteiger partial charge in [-0.3, -0.25) is 9.59 Å². The van der Waals surface area contributed by atoms with Gasteiger partial charge in [0, 0.05) is 24.7 Å². The van der Waals surface area contributed by atoms with Crippen LogP contribution in [0.3, 0.4) is 0 Å². The molecule has 0 N–H and O–H groups in total. The number of carbonyl (C=O) groups is 2. The van der Waals surface area contributed by atoms with Crippen molar-refractivity contribution in [2.75, 3.05) is 0 Å². The Balaban J connectivity index is 2.00. The molecule has 0 aromatic carbocycles. The van der Waals surface area contributed by atoms with Crippen molar-refractivity contribution in [2.45, 2.75) is 31.3 Å². The molecule has 0 saturated carbocycles. The van der Waals surface area contributed by atoms with Crippen LogP contribution in [0.15, 0.2) is 24.3 Å². The van der Waals surface area contributed by atoms with Crippen molar-refractivity contribution < 1.29 is 14.3 Å². The number of esters is 1. The first-order valence-corrected chi connectivity index (χ1v) is 5.81. The molecule has 0 unspecified atom stereocenters. The summed E-state index contributed by atoms with van der Waals surface area (Å²) >= 11 is 0. The Morgan fingerprint density at radius 1 is 1.25 bits per heavy atom. The molecular weight excluding hydrogens is 204 g/mol. The number of rotatable bonds is 0. The molecule has 0 aromatic heterocycles. The second-order valence-corrected chi connectivity index (χ2v) is 4.82. The third-order valence-electron chi connectivity index (χ3n) is 3.98. The maximum Gasteiger partial charge on any atom is 0.306 e. The monoisotopic (exact) mass is 218 g/mol. The minimum atomic E-state index is -0.486. The number of allylic oxidation sites excluding steroid dienone is 3. The SMILES string of the molecule is O=C1CC[C@]2(C=CC(=O)[C@H]3CC=CC[C@H]32)O1. The molecule has 3 aliphatic rings. The van der Waals surface area contributed by atoms with Crippen molar-refractivity contribution in [1.29, 1.82) is 0 Å². The average molecular weight is 218 g/mol. The third kappa shape index (κ3) is 1.27. The molecule has 0 amide bonds. The van der Waals surface area contributed by atoms with E-state index in [1.165, 1.54) is 0 Å². The van der Waals surface area contributed by atoms with Crippen LogP contribution in [0.5, 0.6) is 0 Å². The molecule has 3 heteroatoms. The van der Waals surface area contributed by atoms with E-state index in [0.717, 1.165) is 19.3 Å². The van der Waals surface area contributed by atoms with E-state index in [1.54, 1.807) is 6.08 Å². The summed E-state index contributed by atoms with van der Waals surface area (Å²) in [6.45, 7) is 0. The highest BCUT2D eigenvalue weighted by molar-refractivity contribution is 5.94. The number of carbonyl (C=O) groups excluding carboxylic acids is 2. The summed E-state index contributed by atoms with van der Waals surface area (Å²) in [5.74, 6) is 0.220. The molecule has 3 rings (SSSR count). The first-order chi connectivity index (χ1) is 7.71. The highest BCUT2D eigenvalue weighted by Crippen LogP contribution is 2.46. The fraction of sp³-hybridized carbons (Fsp3) is 0.538. The molecule has 1 spiro atoms. The number of hydrogen-bond acceptors (Lipinski definition) is 3. The van der Waals surface area contributed by atoms with E-state index in [4.69, 9.17) is 4.74 Å². The lowest BCUT2D eigenvalue weighted by Crippen LogP contribution is -2.46. The van der Waals surface area contributed by atoms with Gasteiger partial charge in [-0.1, -0.05) is 12.2 Å². The molecule has 84 valence electrons. The van der Waals surface area contributed by atoms with Gasteiger partial charge in [0.15, 0.2) is 5.78 Å². The van der Waals surface area contributed by atoms with Crippen molar-refractivity contribution in [1.82, 2.24) is 0 Å². The fourth-order valence-corrected chi connectivity index (χ4v) is 3.13. The van der Waals surface area contributed by atoms with Crippen LogP contribution >= 0.6 is 0 Å². The van der Waals surface area contributed by atoms with Gasteiger partial charge in [0.2, 0.25) is 0 Å². The second kappa shape index (κ2) is 3.30. The number of ether oxygens (including phenoxy) is 1. The summed E-state index contributed by atoms with van der Waals surface area (Å²) in [5.41, 5.74) is -0.486. The zero-order chi connectivity index (χ0) is 11.2. The fourth-order valence-electron chi connectivity index (χ4n) is 3.13. The van der Waals surface area contributed by atoms with Gasteiger partial charge < -0.3 is 4.74 Å². The van der Waals surface area contributed by atoms with Crippen molar-refractivity contribution in [3.63, 3.8) is 0 Å². The molecule has 16 heavy (non-hydrogen) atoms. The molecular formula is C13H14O3. The number of ketones is 1. The lowest BCUT2D eigenvalue weighted by atomic mass is 9.66. The Bertz CT molecular complexity index is 407. The molecule has 1 fully saturated rings. The lowest BCUT2D eigenvalue weighted by Gasteiger charge is -2.41. The van der Waals surface area contributed by atoms with Gasteiger partial charge in [-0.15, -0.1) is 0 Å². The van der Waals surface area contributed by atoms with Gasteiger partial charge in [0.25, 0.3) is 0 Å². The molecule has 0 radical (unpaired) electrons. The highest BCUT2D eigenvalue weighted by Gasteiger charge is 2.51. The molecule has 3 nitrogen and oxygen atoms in total. The van der Waals surface area contributed by atoms with Crippen LogP contribution in [0, 0.1) is 11.8 Å². The van der Waals surface area contributed by atoms with Crippen LogP contribution in [0.25, 0.3) is 0 Å². The van der Waals surface area contributed by atoms with Crippen LogP contribution in [0.2, 0.25) is 0 Å². The Morgan fingerprint density at radius 3 is 2.81 bits per heavy atom. The summed E-state index contributed by atoms with van der Waals surface area (Å²) in [5, 5.41) is 0. The molecule has 2 aliphatic carbocycles. The quantitative estimate of drug-likeness (QED) is 0.460. The first kappa shape index (κ1) is 9.82. The summed E-state index contributed by atoms with van der Waals surface area (Å²) in [4.78, 5) is 23.1. The Morgan fingerprint density at radius 2 is 2.06 bits per heavy atom. The van der Waals surface area contributed by atoms with E-state index in [2.05, 4.69) is 12.2 Å². The third-order valence-corrected chi connectivity index (χ3v) is 3.98. The van der Waals surface area contributed by atoms with Gasteiger partial charge in [-0.25, -0.2) is 0 Å². The lowest BCUT2D eigenvalue weighted by molar-refractivity contribution is -0.152. The number of hydrogen-bond donors (Lipinski definition) is 0. The van der Waals surface area contributed by atoms with E-state index < -0.39 is 5.60 Å². The highest BCUT2D eigenvalue weighted by atomic mass is 16.6. The molecule has 0 bridgehead atoms. The van der Waals surface area contributed by atoms with Crippen molar-refractivity contribution >= 4 is 11.8 Å². The van der Waals surface area contributed by atoms with E-state index in [0.29, 0.717) is 6.42 Å². The van der Waals surface area contributed by atoms with Crippen molar-refractivity contribution in [3.8, 4) is 0 Å². The normalized spacial score (nSPS) is 41.2. The molecule has 1 heterocycles. The molecule has 0 aromatic rings. The predicted octanol–water partition coefficient (Wildman–Crippen LogP) is 1.78. The van der Waals surface area contributed by atoms with Gasteiger partial charge in [0.1, 0.15) is 5.60 Å². The van der Waals surface area contributed by atoms with Gasteiger partial charge in [-0.2, -0.15) is 0 Å².